The molecule has 0 saturated heterocycles. The molecule has 2 N–H and O–H groups in total. The number of amides is 1. The molecule has 0 radical (unpaired) electrons. The van der Waals surface area contributed by atoms with Gasteiger partial charge in [0.25, 0.3) is 0 Å². The quantitative estimate of drug-likeness (QED) is 0.696. The predicted octanol–water partition coefficient (Wildman–Crippen LogP) is 1.93. The Morgan fingerprint density at radius 2 is 1.94 bits per heavy atom. The highest BCUT2D eigenvalue weighted by molar-refractivity contribution is 5.76. The lowest BCUT2D eigenvalue weighted by molar-refractivity contribution is -0.121. The van der Waals surface area contributed by atoms with Gasteiger partial charge in [-0.25, -0.2) is 0 Å². The van der Waals surface area contributed by atoms with Crippen molar-refractivity contribution >= 4 is 5.91 Å². The van der Waals surface area contributed by atoms with Gasteiger partial charge in [0, 0.05) is 26.1 Å². The monoisotopic (exact) mass is 226 g/mol. The fraction of sp³-hybridized carbons (Fsp3) is 0.923. The predicted molar refractivity (Wildman–Crippen MR) is 67.3 cm³/mol. The molecular formula is C13H26N2O. The Labute approximate surface area is 99.4 Å². The number of nitrogens with one attached hydrogen (secondary N) is 2. The van der Waals surface area contributed by atoms with Gasteiger partial charge in [0.05, 0.1) is 0 Å². The molecule has 0 aromatic heterocycles. The molecular weight excluding hydrogens is 200 g/mol. The molecule has 0 aliphatic heterocycles. The van der Waals surface area contributed by atoms with Gasteiger partial charge in [-0.1, -0.05) is 13.8 Å². The van der Waals surface area contributed by atoms with Crippen molar-refractivity contribution in [3.8, 4) is 0 Å². The van der Waals surface area contributed by atoms with Crippen LogP contribution < -0.4 is 10.6 Å². The molecule has 1 unspecified atom stereocenters. The molecule has 1 atom stereocenters. The maximum Gasteiger partial charge on any atom is 0.221 e. The molecule has 3 heteroatoms. The van der Waals surface area contributed by atoms with Gasteiger partial charge in [0.2, 0.25) is 5.91 Å². The second-order valence-electron chi connectivity index (χ2n) is 5.76. The molecule has 3 nitrogen and oxygen atoms in total. The van der Waals surface area contributed by atoms with Crippen LogP contribution in [0.5, 0.6) is 0 Å². The summed E-state index contributed by atoms with van der Waals surface area (Å²) in [5.41, 5.74) is 0.547. The molecule has 0 aromatic rings. The van der Waals surface area contributed by atoms with Gasteiger partial charge in [-0.2, -0.15) is 0 Å². The van der Waals surface area contributed by atoms with E-state index in [-0.39, 0.29) is 11.9 Å². The Bertz CT molecular complexity index is 234. The molecule has 0 bridgehead atoms. The second-order valence-corrected chi connectivity index (χ2v) is 5.76. The minimum absolute atomic E-state index is 0.119. The van der Waals surface area contributed by atoms with Crippen LogP contribution in [0.25, 0.3) is 0 Å². The van der Waals surface area contributed by atoms with Crippen molar-refractivity contribution in [3.63, 3.8) is 0 Å². The van der Waals surface area contributed by atoms with Crippen LogP contribution in [0.4, 0.5) is 0 Å². The molecule has 1 aliphatic carbocycles. The third-order valence-electron chi connectivity index (χ3n) is 3.39. The molecule has 16 heavy (non-hydrogen) atoms. The molecule has 1 rings (SSSR count). The summed E-state index contributed by atoms with van der Waals surface area (Å²) < 4.78 is 0. The third-order valence-corrected chi connectivity index (χ3v) is 3.39. The first-order valence-electron chi connectivity index (χ1n) is 6.41. The SMILES string of the molecule is CNC(=O)CC(C)NCC1(CC(C)C)CC1. The third kappa shape index (κ3) is 4.52. The van der Waals surface area contributed by atoms with E-state index in [1.807, 2.05) is 0 Å². The summed E-state index contributed by atoms with van der Waals surface area (Å²) in [5, 5.41) is 6.16. The molecule has 1 aliphatic rings. The lowest BCUT2D eigenvalue weighted by atomic mass is 9.94. The maximum atomic E-state index is 11.2. The number of hydrogen-bond acceptors (Lipinski definition) is 2. The fourth-order valence-electron chi connectivity index (χ4n) is 2.34. The standard InChI is InChI=1S/C13H26N2O/c1-10(2)8-13(5-6-13)9-15-11(3)7-12(16)14-4/h10-11,15H,5-9H2,1-4H3,(H,14,16). The summed E-state index contributed by atoms with van der Waals surface area (Å²) in [6, 6.07) is 0.282. The lowest BCUT2D eigenvalue weighted by Gasteiger charge is -2.21. The Morgan fingerprint density at radius 1 is 1.31 bits per heavy atom. The van der Waals surface area contributed by atoms with Crippen LogP contribution >= 0.6 is 0 Å². The Kier molecular flexibility index (Phi) is 4.78. The lowest BCUT2D eigenvalue weighted by Crippen LogP contribution is -2.36. The van der Waals surface area contributed by atoms with Crippen LogP contribution in [0.2, 0.25) is 0 Å². The van der Waals surface area contributed by atoms with E-state index in [1.165, 1.54) is 19.3 Å². The molecule has 1 saturated carbocycles. The molecule has 94 valence electrons. The normalized spacial score (nSPS) is 19.6. The average molecular weight is 226 g/mol. The molecule has 1 fully saturated rings. The first-order valence-corrected chi connectivity index (χ1v) is 6.41. The van der Waals surface area contributed by atoms with E-state index in [0.29, 0.717) is 11.8 Å². The highest BCUT2D eigenvalue weighted by atomic mass is 16.1. The number of carbonyl (C=O) groups excluding carboxylic acids is 1. The van der Waals surface area contributed by atoms with E-state index in [4.69, 9.17) is 0 Å². The Morgan fingerprint density at radius 3 is 2.38 bits per heavy atom. The molecule has 0 spiro atoms. The summed E-state index contributed by atoms with van der Waals surface area (Å²) in [7, 11) is 1.69. The van der Waals surface area contributed by atoms with Gasteiger partial charge in [0.15, 0.2) is 0 Å². The number of carbonyl (C=O) groups is 1. The van der Waals surface area contributed by atoms with E-state index in [0.717, 1.165) is 12.5 Å². The van der Waals surface area contributed by atoms with Gasteiger partial charge in [-0.15, -0.1) is 0 Å². The summed E-state index contributed by atoms with van der Waals surface area (Å²) >= 11 is 0. The van der Waals surface area contributed by atoms with Crippen LogP contribution in [-0.4, -0.2) is 25.5 Å². The average Bonchev–Trinajstić information content (AvgIpc) is 2.94. The maximum absolute atomic E-state index is 11.2. The fourth-order valence-corrected chi connectivity index (χ4v) is 2.34. The highest BCUT2D eigenvalue weighted by Gasteiger charge is 2.42. The van der Waals surface area contributed by atoms with Crippen molar-refractivity contribution in [2.45, 2.75) is 52.5 Å². The van der Waals surface area contributed by atoms with Crippen molar-refractivity contribution in [2.75, 3.05) is 13.6 Å². The van der Waals surface area contributed by atoms with Crippen LogP contribution in [0.15, 0.2) is 0 Å². The minimum atomic E-state index is 0.119. The molecule has 1 amide bonds. The summed E-state index contributed by atoms with van der Waals surface area (Å²) in [6.45, 7) is 7.73. The van der Waals surface area contributed by atoms with E-state index in [9.17, 15) is 4.79 Å². The Hall–Kier alpha value is -0.570. The van der Waals surface area contributed by atoms with E-state index in [2.05, 4.69) is 31.4 Å². The summed E-state index contributed by atoms with van der Waals surface area (Å²) in [6.07, 6.45) is 4.59. The van der Waals surface area contributed by atoms with Crippen molar-refractivity contribution in [3.05, 3.63) is 0 Å². The van der Waals surface area contributed by atoms with Crippen molar-refractivity contribution in [1.82, 2.24) is 10.6 Å². The van der Waals surface area contributed by atoms with Crippen LogP contribution in [0.1, 0.15) is 46.5 Å². The highest BCUT2D eigenvalue weighted by Crippen LogP contribution is 2.50. The molecule has 0 aromatic carbocycles. The minimum Gasteiger partial charge on any atom is -0.359 e. The van der Waals surface area contributed by atoms with E-state index < -0.39 is 0 Å². The largest absolute Gasteiger partial charge is 0.359 e. The Balaban J connectivity index is 2.21. The van der Waals surface area contributed by atoms with Gasteiger partial charge in [-0.3, -0.25) is 4.79 Å². The molecule has 0 heterocycles. The van der Waals surface area contributed by atoms with Gasteiger partial charge in [0.1, 0.15) is 0 Å². The topological polar surface area (TPSA) is 41.1 Å². The summed E-state index contributed by atoms with van der Waals surface area (Å²) in [4.78, 5) is 11.2. The first-order chi connectivity index (χ1) is 7.47. The van der Waals surface area contributed by atoms with Crippen molar-refractivity contribution < 1.29 is 4.79 Å². The first kappa shape index (κ1) is 13.5. The van der Waals surface area contributed by atoms with Crippen LogP contribution in [0.3, 0.4) is 0 Å². The number of hydrogen-bond donors (Lipinski definition) is 2. The van der Waals surface area contributed by atoms with Gasteiger partial charge >= 0.3 is 0 Å². The van der Waals surface area contributed by atoms with Crippen molar-refractivity contribution in [1.29, 1.82) is 0 Å². The summed E-state index contributed by atoms with van der Waals surface area (Å²) in [5.74, 6) is 0.896. The second kappa shape index (κ2) is 5.67. The van der Waals surface area contributed by atoms with Crippen LogP contribution in [-0.2, 0) is 4.79 Å². The van der Waals surface area contributed by atoms with E-state index >= 15 is 0 Å². The van der Waals surface area contributed by atoms with Crippen LogP contribution in [0, 0.1) is 11.3 Å². The van der Waals surface area contributed by atoms with Gasteiger partial charge < -0.3 is 10.6 Å². The van der Waals surface area contributed by atoms with E-state index in [1.54, 1.807) is 7.05 Å². The van der Waals surface area contributed by atoms with Gasteiger partial charge in [-0.05, 0) is 37.5 Å². The zero-order valence-electron chi connectivity index (χ0n) is 11.1. The smallest absolute Gasteiger partial charge is 0.221 e. The van der Waals surface area contributed by atoms with Crippen molar-refractivity contribution in [2.24, 2.45) is 11.3 Å². The zero-order valence-corrected chi connectivity index (χ0v) is 11.1. The zero-order chi connectivity index (χ0) is 12.2. The number of rotatable bonds is 7.